The van der Waals surface area contributed by atoms with Crippen LogP contribution in [0.25, 0.3) is 0 Å². The van der Waals surface area contributed by atoms with Crippen molar-refractivity contribution in [3.8, 4) is 5.75 Å². The molecule has 2 N–H and O–H groups in total. The van der Waals surface area contributed by atoms with Gasteiger partial charge < -0.3 is 15.2 Å². The summed E-state index contributed by atoms with van der Waals surface area (Å²) in [5.41, 5.74) is 2.36. The number of ether oxygens (including phenoxy) is 1. The minimum atomic E-state index is -0.124. The number of benzene rings is 1. The van der Waals surface area contributed by atoms with E-state index in [1.54, 1.807) is 7.11 Å². The minimum Gasteiger partial charge on any atom is -0.496 e. The van der Waals surface area contributed by atoms with Gasteiger partial charge in [-0.3, -0.25) is 4.79 Å². The number of carbonyl (C=O) groups is 1. The molecule has 4 nitrogen and oxygen atoms in total. The maximum absolute atomic E-state index is 11.3. The minimum absolute atomic E-state index is 0.113. The molecule has 0 heterocycles. The molecule has 4 heteroatoms. The number of nitrogens with one attached hydrogen (secondary N) is 1. The number of methoxy groups -OCH3 is 1. The smallest absolute Gasteiger partial charge is 0.222 e. The summed E-state index contributed by atoms with van der Waals surface area (Å²) in [6.45, 7) is 4.73. The van der Waals surface area contributed by atoms with Crippen molar-refractivity contribution in [1.29, 1.82) is 0 Å². The van der Waals surface area contributed by atoms with Gasteiger partial charge in [0, 0.05) is 13.0 Å². The summed E-state index contributed by atoms with van der Waals surface area (Å²) < 4.78 is 5.33. The molecule has 1 aromatic carbocycles. The van der Waals surface area contributed by atoms with Gasteiger partial charge in [0.2, 0.25) is 5.91 Å². The second-order valence-corrected chi connectivity index (χ2v) is 4.80. The fourth-order valence-electron chi connectivity index (χ4n) is 1.88. The average molecular weight is 265 g/mol. The van der Waals surface area contributed by atoms with Crippen LogP contribution in [0, 0.1) is 0 Å². The number of aliphatic hydroxyl groups is 1. The van der Waals surface area contributed by atoms with Crippen molar-refractivity contribution in [2.45, 2.75) is 32.6 Å². The Kier molecular flexibility index (Phi) is 6.36. The molecular weight excluding hydrogens is 242 g/mol. The van der Waals surface area contributed by atoms with Crippen LogP contribution in [0.2, 0.25) is 0 Å². The second kappa shape index (κ2) is 7.79. The molecule has 0 bridgehead atoms. The standard InChI is InChI=1S/C15H23NO3/c1-11(2)12-4-5-14(19-3)13(10-12)6-8-16-15(18)7-9-17/h4-5,10-11,17H,6-9H2,1-3H3,(H,16,18). The van der Waals surface area contributed by atoms with Crippen LogP contribution in [0.4, 0.5) is 0 Å². The summed E-state index contributed by atoms with van der Waals surface area (Å²) in [4.78, 5) is 11.3. The van der Waals surface area contributed by atoms with Gasteiger partial charge >= 0.3 is 0 Å². The highest BCUT2D eigenvalue weighted by Gasteiger charge is 2.07. The molecule has 0 radical (unpaired) electrons. The van der Waals surface area contributed by atoms with Gasteiger partial charge in [-0.05, 0) is 29.5 Å². The molecule has 0 saturated carbocycles. The molecule has 0 aromatic heterocycles. The molecule has 0 spiro atoms. The Bertz CT molecular complexity index is 416. The average Bonchev–Trinajstić information content (AvgIpc) is 2.38. The molecule has 0 aliphatic carbocycles. The highest BCUT2D eigenvalue weighted by atomic mass is 16.5. The molecular formula is C15H23NO3. The van der Waals surface area contributed by atoms with Crippen LogP contribution in [-0.2, 0) is 11.2 Å². The Labute approximate surface area is 114 Å². The first-order valence-corrected chi connectivity index (χ1v) is 6.62. The summed E-state index contributed by atoms with van der Waals surface area (Å²) in [5, 5.41) is 11.4. The molecule has 19 heavy (non-hydrogen) atoms. The predicted octanol–water partition coefficient (Wildman–Crippen LogP) is 1.86. The van der Waals surface area contributed by atoms with Crippen molar-refractivity contribution in [3.05, 3.63) is 29.3 Å². The van der Waals surface area contributed by atoms with E-state index in [0.29, 0.717) is 12.5 Å². The van der Waals surface area contributed by atoms with E-state index in [0.717, 1.165) is 17.7 Å². The number of hydrogen-bond donors (Lipinski definition) is 2. The quantitative estimate of drug-likeness (QED) is 0.791. The van der Waals surface area contributed by atoms with Gasteiger partial charge in [-0.15, -0.1) is 0 Å². The molecule has 1 rings (SSSR count). The number of aliphatic hydroxyl groups excluding tert-OH is 1. The number of amides is 1. The van der Waals surface area contributed by atoms with Crippen molar-refractivity contribution in [2.24, 2.45) is 0 Å². The Balaban J connectivity index is 2.65. The molecule has 0 saturated heterocycles. The summed E-state index contributed by atoms with van der Waals surface area (Å²) in [6, 6.07) is 6.17. The van der Waals surface area contributed by atoms with Crippen molar-refractivity contribution < 1.29 is 14.6 Å². The van der Waals surface area contributed by atoms with Gasteiger partial charge in [-0.25, -0.2) is 0 Å². The summed E-state index contributed by atoms with van der Waals surface area (Å²) >= 11 is 0. The maximum Gasteiger partial charge on any atom is 0.222 e. The largest absolute Gasteiger partial charge is 0.496 e. The first-order valence-electron chi connectivity index (χ1n) is 6.62. The summed E-state index contributed by atoms with van der Waals surface area (Å²) in [5.74, 6) is 1.19. The lowest BCUT2D eigenvalue weighted by Gasteiger charge is -2.13. The normalized spacial score (nSPS) is 10.6. The Hall–Kier alpha value is -1.55. The van der Waals surface area contributed by atoms with Gasteiger partial charge in [0.1, 0.15) is 5.75 Å². The zero-order chi connectivity index (χ0) is 14.3. The zero-order valence-electron chi connectivity index (χ0n) is 11.9. The Morgan fingerprint density at radius 2 is 2.16 bits per heavy atom. The second-order valence-electron chi connectivity index (χ2n) is 4.80. The van der Waals surface area contributed by atoms with Gasteiger partial charge in [0.25, 0.3) is 0 Å². The predicted molar refractivity (Wildman–Crippen MR) is 75.5 cm³/mol. The van der Waals surface area contributed by atoms with E-state index >= 15 is 0 Å². The van der Waals surface area contributed by atoms with E-state index in [4.69, 9.17) is 9.84 Å². The van der Waals surface area contributed by atoms with Crippen LogP contribution < -0.4 is 10.1 Å². The highest BCUT2D eigenvalue weighted by Crippen LogP contribution is 2.24. The molecule has 0 fully saturated rings. The monoisotopic (exact) mass is 265 g/mol. The molecule has 0 aliphatic rings. The fraction of sp³-hybridized carbons (Fsp3) is 0.533. The lowest BCUT2D eigenvalue weighted by Crippen LogP contribution is -2.26. The van der Waals surface area contributed by atoms with E-state index in [9.17, 15) is 4.79 Å². The first kappa shape index (κ1) is 15.5. The highest BCUT2D eigenvalue weighted by molar-refractivity contribution is 5.75. The van der Waals surface area contributed by atoms with Crippen molar-refractivity contribution in [3.63, 3.8) is 0 Å². The zero-order valence-corrected chi connectivity index (χ0v) is 11.9. The third-order valence-corrected chi connectivity index (χ3v) is 3.03. The Morgan fingerprint density at radius 1 is 1.42 bits per heavy atom. The van der Waals surface area contributed by atoms with Crippen LogP contribution in [0.5, 0.6) is 5.75 Å². The number of carbonyl (C=O) groups excluding carboxylic acids is 1. The van der Waals surface area contributed by atoms with E-state index in [2.05, 4.69) is 31.3 Å². The number of hydrogen-bond acceptors (Lipinski definition) is 3. The lowest BCUT2D eigenvalue weighted by atomic mass is 9.99. The maximum atomic E-state index is 11.3. The van der Waals surface area contributed by atoms with Crippen molar-refractivity contribution >= 4 is 5.91 Å². The van der Waals surface area contributed by atoms with Crippen LogP contribution in [0.15, 0.2) is 18.2 Å². The number of rotatable bonds is 7. The molecule has 106 valence electrons. The van der Waals surface area contributed by atoms with E-state index in [1.165, 1.54) is 5.56 Å². The van der Waals surface area contributed by atoms with Crippen molar-refractivity contribution in [1.82, 2.24) is 5.32 Å². The Morgan fingerprint density at radius 3 is 2.74 bits per heavy atom. The third kappa shape index (κ3) is 4.91. The fourth-order valence-corrected chi connectivity index (χ4v) is 1.88. The molecule has 0 atom stereocenters. The van der Waals surface area contributed by atoms with Gasteiger partial charge in [0.15, 0.2) is 0 Å². The van der Waals surface area contributed by atoms with E-state index in [1.807, 2.05) is 6.07 Å². The molecule has 1 aromatic rings. The van der Waals surface area contributed by atoms with Crippen LogP contribution in [-0.4, -0.2) is 31.3 Å². The van der Waals surface area contributed by atoms with Crippen LogP contribution in [0.3, 0.4) is 0 Å². The van der Waals surface area contributed by atoms with Crippen LogP contribution >= 0.6 is 0 Å². The molecule has 0 aliphatic heterocycles. The third-order valence-electron chi connectivity index (χ3n) is 3.03. The van der Waals surface area contributed by atoms with Crippen LogP contribution in [0.1, 0.15) is 37.3 Å². The lowest BCUT2D eigenvalue weighted by molar-refractivity contribution is -0.121. The SMILES string of the molecule is COc1ccc(C(C)C)cc1CCNC(=O)CCO. The van der Waals surface area contributed by atoms with Gasteiger partial charge in [0.05, 0.1) is 13.7 Å². The van der Waals surface area contributed by atoms with Gasteiger partial charge in [-0.1, -0.05) is 26.0 Å². The van der Waals surface area contributed by atoms with Crippen molar-refractivity contribution in [2.75, 3.05) is 20.3 Å². The molecule has 0 unspecified atom stereocenters. The first-order chi connectivity index (χ1) is 9.08. The van der Waals surface area contributed by atoms with E-state index in [-0.39, 0.29) is 18.9 Å². The van der Waals surface area contributed by atoms with E-state index < -0.39 is 0 Å². The summed E-state index contributed by atoms with van der Waals surface area (Å²) in [7, 11) is 1.65. The molecule has 1 amide bonds. The van der Waals surface area contributed by atoms with Gasteiger partial charge in [-0.2, -0.15) is 0 Å². The topological polar surface area (TPSA) is 58.6 Å². The summed E-state index contributed by atoms with van der Waals surface area (Å²) in [6.07, 6.45) is 0.879.